The van der Waals surface area contributed by atoms with E-state index in [0.717, 1.165) is 38.3 Å². The summed E-state index contributed by atoms with van der Waals surface area (Å²) < 4.78 is 12.3. The van der Waals surface area contributed by atoms with Crippen molar-refractivity contribution in [3.63, 3.8) is 0 Å². The molecule has 0 radical (unpaired) electrons. The molecule has 0 heterocycles. The lowest BCUT2D eigenvalue weighted by molar-refractivity contribution is 0.603. The maximum absolute atomic E-state index is 12.3. The van der Waals surface area contributed by atoms with Crippen molar-refractivity contribution in [2.75, 3.05) is 0 Å². The topological polar surface area (TPSA) is 17.1 Å². The van der Waals surface area contributed by atoms with Crippen LogP contribution in [0.2, 0.25) is 0 Å². The average molecular weight is 402 g/mol. The Balaban J connectivity index is 1.86. The van der Waals surface area contributed by atoms with Gasteiger partial charge in [-0.1, -0.05) is 115 Å². The van der Waals surface area contributed by atoms with Crippen LogP contribution in [0.4, 0.5) is 0 Å². The molecule has 5 rings (SSSR count). The van der Waals surface area contributed by atoms with E-state index >= 15 is 0 Å². The molecule has 0 fully saturated rings. The third-order valence-corrected chi connectivity index (χ3v) is 6.16. The highest BCUT2D eigenvalue weighted by Gasteiger charge is 2.17. The minimum Gasteiger partial charge on any atom is -0.269 e. The van der Waals surface area contributed by atoms with Gasteiger partial charge in [0.05, 0.1) is 5.30 Å². The Bertz CT molecular complexity index is 1340. The summed E-state index contributed by atoms with van der Waals surface area (Å²) in [5, 5.41) is 2.95. The van der Waals surface area contributed by atoms with Crippen LogP contribution in [0.1, 0.15) is 0 Å². The van der Waals surface area contributed by atoms with Crippen molar-refractivity contribution in [2.24, 2.45) is 0 Å². The largest absolute Gasteiger partial charge is 0.269 e. The summed E-state index contributed by atoms with van der Waals surface area (Å²) in [6.07, 6.45) is 0. The van der Waals surface area contributed by atoms with Crippen LogP contribution in [0.25, 0.3) is 44.2 Å². The fraction of sp³-hybridized carbons (Fsp3) is 0. The Morgan fingerprint density at radius 1 is 0.467 bits per heavy atom. The molecule has 0 atom stereocenters. The number of rotatable bonds is 4. The summed E-state index contributed by atoms with van der Waals surface area (Å²) in [5.41, 5.74) is 6.73. The predicted octanol–water partition coefficient (Wildman–Crippen LogP) is 7.76. The molecule has 0 unspecified atom stereocenters. The van der Waals surface area contributed by atoms with E-state index in [1.165, 1.54) is 11.1 Å². The van der Waals surface area contributed by atoms with Gasteiger partial charge in [0.2, 0.25) is 0 Å². The summed E-state index contributed by atoms with van der Waals surface area (Å²) in [4.78, 5) is 0. The summed E-state index contributed by atoms with van der Waals surface area (Å²) in [6, 6.07) is 39.6. The van der Waals surface area contributed by atoms with E-state index in [1.54, 1.807) is 0 Å². The van der Waals surface area contributed by atoms with Crippen molar-refractivity contribution in [1.29, 1.82) is 0 Å². The molecule has 0 N–H and O–H groups in total. The van der Waals surface area contributed by atoms with Gasteiger partial charge in [-0.25, -0.2) is 0 Å². The second-order valence-electron chi connectivity index (χ2n) is 7.23. The van der Waals surface area contributed by atoms with Crippen LogP contribution in [-0.2, 0) is 4.57 Å². The molecule has 0 saturated heterocycles. The van der Waals surface area contributed by atoms with Crippen LogP contribution in [-0.4, -0.2) is 0 Å². The molecule has 0 aliphatic heterocycles. The summed E-state index contributed by atoms with van der Waals surface area (Å²) >= 11 is 0. The molecule has 0 saturated carbocycles. The van der Waals surface area contributed by atoms with E-state index in [-0.39, 0.29) is 8.46 Å². The quantitative estimate of drug-likeness (QED) is 0.281. The van der Waals surface area contributed by atoms with Crippen molar-refractivity contribution >= 4 is 24.5 Å². The normalized spacial score (nSPS) is 11.1. The van der Waals surface area contributed by atoms with Crippen molar-refractivity contribution < 1.29 is 4.57 Å². The second kappa shape index (κ2) is 8.06. The first-order valence-electron chi connectivity index (χ1n) is 9.96. The van der Waals surface area contributed by atoms with Gasteiger partial charge in [-0.15, -0.1) is 0 Å². The molecule has 5 aromatic rings. The number of benzene rings is 5. The van der Waals surface area contributed by atoms with Crippen molar-refractivity contribution in [3.05, 3.63) is 115 Å². The van der Waals surface area contributed by atoms with E-state index in [1.807, 2.05) is 30.3 Å². The maximum Gasteiger partial charge on any atom is 0.193 e. The van der Waals surface area contributed by atoms with E-state index in [0.29, 0.717) is 0 Å². The zero-order valence-electron chi connectivity index (χ0n) is 16.3. The molecule has 0 bridgehead atoms. The van der Waals surface area contributed by atoms with Crippen LogP contribution < -0.4 is 5.30 Å². The Morgan fingerprint density at radius 2 is 1.10 bits per heavy atom. The van der Waals surface area contributed by atoms with Gasteiger partial charge in [0.15, 0.2) is 8.46 Å². The lowest BCUT2D eigenvalue weighted by Crippen LogP contribution is -2.02. The van der Waals surface area contributed by atoms with Gasteiger partial charge in [-0.2, -0.15) is 0 Å². The van der Waals surface area contributed by atoms with Crippen LogP contribution in [0, 0.1) is 0 Å². The molecule has 0 aliphatic rings. The molecule has 1 nitrogen and oxygen atoms in total. The number of hydrogen-bond acceptors (Lipinski definition) is 1. The average Bonchev–Trinajstić information content (AvgIpc) is 2.84. The fourth-order valence-electron chi connectivity index (χ4n) is 4.12. The van der Waals surface area contributed by atoms with Crippen LogP contribution in [0.5, 0.6) is 0 Å². The molecule has 142 valence electrons. The second-order valence-corrected chi connectivity index (χ2v) is 7.86. The summed E-state index contributed by atoms with van der Waals surface area (Å²) in [6.45, 7) is 0. The molecular formula is C28H19OP. The highest BCUT2D eigenvalue weighted by molar-refractivity contribution is 7.35. The highest BCUT2D eigenvalue weighted by atomic mass is 31.1. The van der Waals surface area contributed by atoms with Gasteiger partial charge >= 0.3 is 0 Å². The molecule has 0 amide bonds. The Kier molecular flexibility index (Phi) is 4.97. The van der Waals surface area contributed by atoms with E-state index in [2.05, 4.69) is 84.9 Å². The molecular weight excluding hydrogens is 383 g/mol. The predicted molar refractivity (Wildman–Crippen MR) is 127 cm³/mol. The lowest BCUT2D eigenvalue weighted by Gasteiger charge is -2.18. The molecule has 2 heteroatoms. The molecule has 5 aromatic carbocycles. The van der Waals surface area contributed by atoms with Gasteiger partial charge in [0.25, 0.3) is 0 Å². The van der Waals surface area contributed by atoms with Gasteiger partial charge in [0.1, 0.15) is 0 Å². The first kappa shape index (κ1) is 18.5. The Hall–Kier alpha value is -3.54. The standard InChI is InChI=1S/C28H19OP/c29-30-28-24-15-8-7-12-21(24)18-19-26(28)25-17-9-16-23(20-10-3-1-4-11-20)27(25)22-13-5-2-6-14-22/h1-19H. The van der Waals surface area contributed by atoms with E-state index in [4.69, 9.17) is 0 Å². The SMILES string of the molecule is O=Pc1c(-c2cccc(-c3ccccc3)c2-c2ccccc2)ccc2ccccc12. The first-order chi connectivity index (χ1) is 14.9. The van der Waals surface area contributed by atoms with E-state index < -0.39 is 0 Å². The van der Waals surface area contributed by atoms with Crippen LogP contribution >= 0.6 is 8.46 Å². The minimum absolute atomic E-state index is 0.0254. The number of hydrogen-bond donors (Lipinski definition) is 0. The zero-order chi connectivity index (χ0) is 20.3. The maximum atomic E-state index is 12.3. The molecule has 0 aromatic heterocycles. The monoisotopic (exact) mass is 402 g/mol. The lowest BCUT2D eigenvalue weighted by atomic mass is 9.87. The van der Waals surface area contributed by atoms with Crippen molar-refractivity contribution in [3.8, 4) is 33.4 Å². The summed E-state index contributed by atoms with van der Waals surface area (Å²) in [5.74, 6) is 0. The third kappa shape index (κ3) is 3.24. The van der Waals surface area contributed by atoms with Crippen LogP contribution in [0.3, 0.4) is 0 Å². The van der Waals surface area contributed by atoms with Gasteiger partial charge < -0.3 is 0 Å². The van der Waals surface area contributed by atoms with Crippen molar-refractivity contribution in [1.82, 2.24) is 0 Å². The summed E-state index contributed by atoms with van der Waals surface area (Å²) in [7, 11) is 0.0254. The first-order valence-corrected chi connectivity index (χ1v) is 10.8. The van der Waals surface area contributed by atoms with Gasteiger partial charge in [-0.3, -0.25) is 4.57 Å². The smallest absolute Gasteiger partial charge is 0.193 e. The van der Waals surface area contributed by atoms with Crippen molar-refractivity contribution in [2.45, 2.75) is 0 Å². The molecule has 0 spiro atoms. The van der Waals surface area contributed by atoms with Gasteiger partial charge in [-0.05, 0) is 44.2 Å². The molecule has 30 heavy (non-hydrogen) atoms. The zero-order valence-corrected chi connectivity index (χ0v) is 17.2. The Morgan fingerprint density at radius 3 is 1.83 bits per heavy atom. The fourth-order valence-corrected chi connectivity index (χ4v) is 4.72. The third-order valence-electron chi connectivity index (χ3n) is 5.49. The number of fused-ring (bicyclic) bond motifs is 1. The molecule has 0 aliphatic carbocycles. The minimum atomic E-state index is 0.0254. The van der Waals surface area contributed by atoms with Gasteiger partial charge in [0, 0.05) is 0 Å². The highest BCUT2D eigenvalue weighted by Crippen LogP contribution is 2.40. The van der Waals surface area contributed by atoms with Crippen LogP contribution in [0.15, 0.2) is 115 Å². The van der Waals surface area contributed by atoms with E-state index in [9.17, 15) is 4.57 Å². The Labute approximate surface area is 177 Å².